The lowest BCUT2D eigenvalue weighted by molar-refractivity contribution is -0.138. The quantitative estimate of drug-likeness (QED) is 0.362. The first kappa shape index (κ1) is 19.2. The van der Waals surface area contributed by atoms with Crippen molar-refractivity contribution < 1.29 is 23.4 Å². The highest BCUT2D eigenvalue weighted by Crippen LogP contribution is 2.25. The number of rotatable bonds is 6. The molecule has 1 N–H and O–H groups in total. The minimum atomic E-state index is -0.980. The van der Waals surface area contributed by atoms with Crippen LogP contribution in [0.15, 0.2) is 40.2 Å². The van der Waals surface area contributed by atoms with Crippen LogP contribution in [-0.4, -0.2) is 27.5 Å². The molecule has 26 heavy (non-hydrogen) atoms. The molecule has 9 heteroatoms. The van der Waals surface area contributed by atoms with Gasteiger partial charge in [0.1, 0.15) is 5.69 Å². The molecule has 0 atom stereocenters. The topological polar surface area (TPSA) is 89.1 Å². The van der Waals surface area contributed by atoms with Crippen molar-refractivity contribution in [1.82, 2.24) is 9.78 Å². The van der Waals surface area contributed by atoms with Crippen LogP contribution in [0.3, 0.4) is 0 Å². The van der Waals surface area contributed by atoms with E-state index in [0.29, 0.717) is 12.2 Å². The number of benzene rings is 1. The van der Waals surface area contributed by atoms with Gasteiger partial charge in [0.05, 0.1) is 12.3 Å². The Balaban J connectivity index is 2.56. The van der Waals surface area contributed by atoms with Gasteiger partial charge in [-0.25, -0.2) is 13.6 Å². The minimum absolute atomic E-state index is 0.0191. The minimum Gasteiger partial charge on any atom is -0.504 e. The van der Waals surface area contributed by atoms with Crippen LogP contribution < -0.4 is 0 Å². The normalized spacial score (nSPS) is 12.3. The molecule has 0 saturated carbocycles. The lowest BCUT2D eigenvalue weighted by atomic mass is 10.2. The molecule has 0 fully saturated rings. The average Bonchev–Trinajstić information content (AvgIpc) is 2.98. The Morgan fingerprint density at radius 1 is 1.31 bits per heavy atom. The number of azo groups is 1. The first-order valence-corrected chi connectivity index (χ1v) is 7.89. The fourth-order valence-electron chi connectivity index (χ4n) is 2.17. The number of aliphatic hydroxyl groups excluding tert-OH is 1. The molecular weight excluding hydrogens is 346 g/mol. The van der Waals surface area contributed by atoms with Crippen LogP contribution in [0.2, 0.25) is 0 Å². The molecule has 0 aliphatic heterocycles. The monoisotopic (exact) mass is 364 g/mol. The molecule has 0 spiro atoms. The molecule has 0 aliphatic carbocycles. The summed E-state index contributed by atoms with van der Waals surface area (Å²) in [6, 6.07) is 4.71. The molecule has 2 aromatic rings. The zero-order valence-electron chi connectivity index (χ0n) is 14.5. The van der Waals surface area contributed by atoms with Crippen molar-refractivity contribution in [3.63, 3.8) is 0 Å². The highest BCUT2D eigenvalue weighted by atomic mass is 19.1. The van der Waals surface area contributed by atoms with E-state index >= 15 is 0 Å². The summed E-state index contributed by atoms with van der Waals surface area (Å²) >= 11 is 0. The number of hydrogen-bond donors (Lipinski definition) is 1. The number of aromatic nitrogens is 2. The van der Waals surface area contributed by atoms with Gasteiger partial charge in [-0.15, -0.1) is 10.2 Å². The number of carbonyl (C=O) groups excluding carboxylic acids is 1. The van der Waals surface area contributed by atoms with Crippen LogP contribution in [0.25, 0.3) is 5.76 Å². The van der Waals surface area contributed by atoms with Gasteiger partial charge in [0.25, 0.3) is 0 Å². The van der Waals surface area contributed by atoms with E-state index in [0.717, 1.165) is 12.1 Å². The molecule has 2 rings (SSSR count). The Kier molecular flexibility index (Phi) is 6.16. The molecule has 0 unspecified atom stereocenters. The number of hydrogen-bond acceptors (Lipinski definition) is 6. The maximum atomic E-state index is 13.7. The van der Waals surface area contributed by atoms with E-state index in [1.54, 1.807) is 20.8 Å². The summed E-state index contributed by atoms with van der Waals surface area (Å²) in [6.07, 6.45) is 0. The second kappa shape index (κ2) is 8.32. The Bertz CT molecular complexity index is 855. The highest BCUT2D eigenvalue weighted by Gasteiger charge is 2.22. The lowest BCUT2D eigenvalue weighted by Gasteiger charge is -2.07. The van der Waals surface area contributed by atoms with Crippen LogP contribution in [0.5, 0.6) is 0 Å². The van der Waals surface area contributed by atoms with Gasteiger partial charge in [-0.2, -0.15) is 5.10 Å². The SMILES string of the molecule is CCOC(=O)C(N=Nc1c(F)cccc1F)=C(O)c1cc(C)nn1CC. The first-order chi connectivity index (χ1) is 12.4. The molecule has 7 nitrogen and oxygen atoms in total. The maximum absolute atomic E-state index is 13.7. The summed E-state index contributed by atoms with van der Waals surface area (Å²) in [4.78, 5) is 12.1. The van der Waals surface area contributed by atoms with Gasteiger partial charge in [-0.1, -0.05) is 6.07 Å². The number of halogens is 2. The van der Waals surface area contributed by atoms with E-state index in [9.17, 15) is 18.7 Å². The molecular formula is C17H18F2N4O3. The molecule has 138 valence electrons. The smallest absolute Gasteiger partial charge is 0.362 e. The van der Waals surface area contributed by atoms with E-state index in [-0.39, 0.29) is 12.3 Å². The standard InChI is InChI=1S/C17H18F2N4O3/c1-4-23-13(9-10(3)22-23)16(24)15(17(25)26-5-2)21-20-14-11(18)7-6-8-12(14)19/h6-9,24H,4-5H2,1-3H3. The highest BCUT2D eigenvalue weighted by molar-refractivity contribution is 5.95. The third kappa shape index (κ3) is 4.11. The molecule has 1 heterocycles. The zero-order valence-corrected chi connectivity index (χ0v) is 14.5. The van der Waals surface area contributed by atoms with Gasteiger partial charge in [-0.3, -0.25) is 4.68 Å². The Morgan fingerprint density at radius 2 is 1.96 bits per heavy atom. The fraction of sp³-hybridized carbons (Fsp3) is 0.294. The van der Waals surface area contributed by atoms with E-state index in [1.807, 2.05) is 0 Å². The Hall–Kier alpha value is -3.10. The van der Waals surface area contributed by atoms with E-state index in [1.165, 1.54) is 16.8 Å². The first-order valence-electron chi connectivity index (χ1n) is 7.89. The van der Waals surface area contributed by atoms with Gasteiger partial charge in [0.15, 0.2) is 23.1 Å². The third-order valence-corrected chi connectivity index (χ3v) is 3.32. The molecule has 0 amide bonds. The average molecular weight is 364 g/mol. The van der Waals surface area contributed by atoms with Crippen molar-refractivity contribution in [2.75, 3.05) is 6.61 Å². The van der Waals surface area contributed by atoms with E-state index in [2.05, 4.69) is 15.3 Å². The second-order valence-corrected chi connectivity index (χ2v) is 5.17. The fourth-order valence-corrected chi connectivity index (χ4v) is 2.17. The summed E-state index contributed by atoms with van der Waals surface area (Å²) < 4.78 is 33.7. The summed E-state index contributed by atoms with van der Waals surface area (Å²) in [6.45, 7) is 5.51. The zero-order chi connectivity index (χ0) is 19.3. The second-order valence-electron chi connectivity index (χ2n) is 5.17. The van der Waals surface area contributed by atoms with Gasteiger partial charge < -0.3 is 9.84 Å². The third-order valence-electron chi connectivity index (χ3n) is 3.32. The number of ether oxygens (including phenoxy) is 1. The summed E-state index contributed by atoms with van der Waals surface area (Å²) in [7, 11) is 0. The predicted molar refractivity (Wildman–Crippen MR) is 89.7 cm³/mol. The van der Waals surface area contributed by atoms with Gasteiger partial charge in [-0.05, 0) is 39.0 Å². The van der Waals surface area contributed by atoms with Crippen LogP contribution >= 0.6 is 0 Å². The van der Waals surface area contributed by atoms with Crippen molar-refractivity contribution in [3.8, 4) is 0 Å². The van der Waals surface area contributed by atoms with Crippen LogP contribution in [0, 0.1) is 18.6 Å². The number of nitrogens with zero attached hydrogens (tertiary/aromatic N) is 4. The van der Waals surface area contributed by atoms with E-state index < -0.39 is 34.7 Å². The van der Waals surface area contributed by atoms with Crippen molar-refractivity contribution in [1.29, 1.82) is 0 Å². The number of esters is 1. The van der Waals surface area contributed by atoms with Gasteiger partial charge >= 0.3 is 5.97 Å². The molecule has 1 aromatic heterocycles. The largest absolute Gasteiger partial charge is 0.504 e. The van der Waals surface area contributed by atoms with Crippen molar-refractivity contribution in [3.05, 3.63) is 53.0 Å². The lowest BCUT2D eigenvalue weighted by Crippen LogP contribution is -2.10. The molecule has 0 aliphatic rings. The summed E-state index contributed by atoms with van der Waals surface area (Å²) in [5.41, 5.74) is -0.443. The van der Waals surface area contributed by atoms with Crippen LogP contribution in [-0.2, 0) is 16.1 Å². The molecule has 0 bridgehead atoms. The van der Waals surface area contributed by atoms with Crippen LogP contribution in [0.1, 0.15) is 25.2 Å². The van der Waals surface area contributed by atoms with E-state index in [4.69, 9.17) is 4.74 Å². The van der Waals surface area contributed by atoms with Gasteiger partial charge in [0.2, 0.25) is 5.70 Å². The predicted octanol–water partition coefficient (Wildman–Crippen LogP) is 4.06. The van der Waals surface area contributed by atoms with Crippen LogP contribution in [0.4, 0.5) is 14.5 Å². The van der Waals surface area contributed by atoms with Crippen molar-refractivity contribution in [2.24, 2.45) is 10.2 Å². The molecule has 1 aromatic carbocycles. The molecule has 0 radical (unpaired) electrons. The van der Waals surface area contributed by atoms with Gasteiger partial charge in [0, 0.05) is 6.54 Å². The Morgan fingerprint density at radius 3 is 2.54 bits per heavy atom. The maximum Gasteiger partial charge on any atom is 0.362 e. The number of aliphatic hydroxyl groups is 1. The summed E-state index contributed by atoms with van der Waals surface area (Å²) in [5.74, 6) is -3.44. The number of carbonyl (C=O) groups is 1. The molecule has 0 saturated heterocycles. The Labute approximate surface area is 148 Å². The summed E-state index contributed by atoms with van der Waals surface area (Å²) in [5, 5.41) is 21.7. The van der Waals surface area contributed by atoms with Crippen molar-refractivity contribution >= 4 is 17.4 Å². The number of aryl methyl sites for hydroxylation is 2. The van der Waals surface area contributed by atoms with Crippen molar-refractivity contribution in [2.45, 2.75) is 27.3 Å².